The van der Waals surface area contributed by atoms with Crippen molar-refractivity contribution in [2.24, 2.45) is 5.92 Å². The topological polar surface area (TPSA) is 0 Å². The predicted octanol–water partition coefficient (Wildman–Crippen LogP) is 3.91. The van der Waals surface area contributed by atoms with Crippen molar-refractivity contribution in [3.63, 3.8) is 0 Å². The van der Waals surface area contributed by atoms with Crippen LogP contribution >= 0.6 is 23.5 Å². The molecule has 74 valence electrons. The second-order valence-electron chi connectivity index (χ2n) is 3.74. The van der Waals surface area contributed by atoms with E-state index in [1.807, 2.05) is 0 Å². The third kappa shape index (κ3) is 10.7. The second kappa shape index (κ2) is 8.31. The van der Waals surface area contributed by atoms with Gasteiger partial charge in [0.05, 0.1) is 0 Å². The Morgan fingerprint density at radius 1 is 1.00 bits per heavy atom. The van der Waals surface area contributed by atoms with E-state index in [0.717, 1.165) is 11.2 Å². The van der Waals surface area contributed by atoms with Gasteiger partial charge in [-0.05, 0) is 34.8 Å². The zero-order valence-electron chi connectivity index (χ0n) is 8.80. The fraction of sp³-hybridized carbons (Fsp3) is 1.00. The van der Waals surface area contributed by atoms with Crippen molar-refractivity contribution in [1.29, 1.82) is 0 Å². The summed E-state index contributed by atoms with van der Waals surface area (Å²) in [5.41, 5.74) is 0. The Morgan fingerprint density at radius 3 is 2.17 bits per heavy atom. The molecule has 0 aliphatic carbocycles. The van der Waals surface area contributed by atoms with Crippen molar-refractivity contribution >= 4 is 23.5 Å². The quantitative estimate of drug-likeness (QED) is 0.579. The number of hydrogen-bond acceptors (Lipinski definition) is 2. The predicted molar refractivity (Wildman–Crippen MR) is 64.4 cm³/mol. The smallest absolute Gasteiger partial charge is 0.000968 e. The van der Waals surface area contributed by atoms with Crippen LogP contribution in [0.25, 0.3) is 0 Å². The van der Waals surface area contributed by atoms with E-state index >= 15 is 0 Å². The van der Waals surface area contributed by atoms with E-state index in [9.17, 15) is 0 Å². The van der Waals surface area contributed by atoms with Gasteiger partial charge in [-0.3, -0.25) is 0 Å². The lowest BCUT2D eigenvalue weighted by Crippen LogP contribution is -1.95. The number of hydrogen-bond donors (Lipinski definition) is 0. The molecule has 0 aromatic heterocycles. The summed E-state index contributed by atoms with van der Waals surface area (Å²) in [5.74, 6) is 4.86. The zero-order valence-corrected chi connectivity index (χ0v) is 10.4. The molecule has 0 nitrogen and oxygen atoms in total. The SMILES string of the molecule is CC(C)CSCCCSC(C)C. The Bertz CT molecular complexity index is 77.8. The zero-order chi connectivity index (χ0) is 9.40. The molecule has 0 heterocycles. The van der Waals surface area contributed by atoms with Gasteiger partial charge in [-0.25, -0.2) is 0 Å². The second-order valence-corrected chi connectivity index (χ2v) is 6.58. The number of rotatable bonds is 7. The van der Waals surface area contributed by atoms with Crippen molar-refractivity contribution < 1.29 is 0 Å². The summed E-state index contributed by atoms with van der Waals surface area (Å²) in [6.07, 6.45) is 1.38. The van der Waals surface area contributed by atoms with E-state index in [1.165, 1.54) is 23.7 Å². The fourth-order valence-electron chi connectivity index (χ4n) is 0.799. The van der Waals surface area contributed by atoms with Gasteiger partial charge in [0.15, 0.2) is 0 Å². The summed E-state index contributed by atoms with van der Waals surface area (Å²) in [6, 6.07) is 0. The average molecular weight is 206 g/mol. The van der Waals surface area contributed by atoms with Crippen LogP contribution in [0.5, 0.6) is 0 Å². The molecule has 0 aliphatic rings. The van der Waals surface area contributed by atoms with Gasteiger partial charge in [0.2, 0.25) is 0 Å². The first-order valence-electron chi connectivity index (χ1n) is 4.82. The standard InChI is InChI=1S/C10H22S2/c1-9(2)8-11-6-5-7-12-10(3)4/h9-10H,5-8H2,1-4H3. The number of thioether (sulfide) groups is 2. The molecule has 0 unspecified atom stereocenters. The first-order chi connectivity index (χ1) is 5.63. The van der Waals surface area contributed by atoms with E-state index < -0.39 is 0 Å². The van der Waals surface area contributed by atoms with Crippen LogP contribution < -0.4 is 0 Å². The highest BCUT2D eigenvalue weighted by atomic mass is 32.2. The molecule has 0 spiro atoms. The van der Waals surface area contributed by atoms with Crippen molar-refractivity contribution in [1.82, 2.24) is 0 Å². The Labute approximate surface area is 86.3 Å². The molecule has 0 aliphatic heterocycles. The van der Waals surface area contributed by atoms with Crippen molar-refractivity contribution in [3.05, 3.63) is 0 Å². The van der Waals surface area contributed by atoms with E-state index in [0.29, 0.717) is 0 Å². The van der Waals surface area contributed by atoms with Crippen LogP contribution in [-0.2, 0) is 0 Å². The molecule has 0 rings (SSSR count). The van der Waals surface area contributed by atoms with Gasteiger partial charge in [0, 0.05) is 0 Å². The van der Waals surface area contributed by atoms with Gasteiger partial charge in [-0.2, -0.15) is 23.5 Å². The monoisotopic (exact) mass is 206 g/mol. The van der Waals surface area contributed by atoms with E-state index in [-0.39, 0.29) is 0 Å². The van der Waals surface area contributed by atoms with Crippen LogP contribution in [0.15, 0.2) is 0 Å². The summed E-state index contributed by atoms with van der Waals surface area (Å²) in [6.45, 7) is 9.11. The maximum absolute atomic E-state index is 2.29. The molecule has 0 aromatic rings. The largest absolute Gasteiger partial charge is 0.162 e. The van der Waals surface area contributed by atoms with Gasteiger partial charge in [-0.1, -0.05) is 27.7 Å². The summed E-state index contributed by atoms with van der Waals surface area (Å²) in [4.78, 5) is 0. The molecule has 0 fully saturated rings. The first kappa shape index (κ1) is 12.7. The molecular weight excluding hydrogens is 184 g/mol. The lowest BCUT2D eigenvalue weighted by atomic mass is 10.3. The van der Waals surface area contributed by atoms with Gasteiger partial charge in [-0.15, -0.1) is 0 Å². The van der Waals surface area contributed by atoms with Crippen molar-refractivity contribution in [2.45, 2.75) is 39.4 Å². The Morgan fingerprint density at radius 2 is 1.67 bits per heavy atom. The normalized spacial score (nSPS) is 11.5. The Balaban J connectivity index is 2.91. The van der Waals surface area contributed by atoms with Crippen molar-refractivity contribution in [3.8, 4) is 0 Å². The lowest BCUT2D eigenvalue weighted by molar-refractivity contribution is 0.750. The Hall–Kier alpha value is 0.700. The third-order valence-electron chi connectivity index (χ3n) is 1.34. The summed E-state index contributed by atoms with van der Waals surface area (Å²) >= 11 is 4.18. The minimum atomic E-state index is 0.806. The van der Waals surface area contributed by atoms with Crippen LogP contribution in [0.1, 0.15) is 34.1 Å². The molecule has 0 saturated carbocycles. The highest BCUT2D eigenvalue weighted by Crippen LogP contribution is 2.14. The van der Waals surface area contributed by atoms with Crippen LogP contribution in [-0.4, -0.2) is 22.5 Å². The van der Waals surface area contributed by atoms with Gasteiger partial charge >= 0.3 is 0 Å². The molecule has 0 saturated heterocycles. The fourth-order valence-corrected chi connectivity index (χ4v) is 2.75. The van der Waals surface area contributed by atoms with E-state index in [4.69, 9.17) is 0 Å². The van der Waals surface area contributed by atoms with Crippen molar-refractivity contribution in [2.75, 3.05) is 17.3 Å². The summed E-state index contributed by atoms with van der Waals surface area (Å²) in [7, 11) is 0. The van der Waals surface area contributed by atoms with Crippen LogP contribution in [0.3, 0.4) is 0 Å². The molecule has 0 radical (unpaired) electrons. The van der Waals surface area contributed by atoms with E-state index in [1.54, 1.807) is 0 Å². The molecule has 0 aromatic carbocycles. The van der Waals surface area contributed by atoms with Crippen LogP contribution in [0.2, 0.25) is 0 Å². The molecular formula is C10H22S2. The highest BCUT2D eigenvalue weighted by molar-refractivity contribution is 8.00. The summed E-state index contributed by atoms with van der Waals surface area (Å²) in [5, 5.41) is 0.806. The van der Waals surface area contributed by atoms with Crippen LogP contribution in [0.4, 0.5) is 0 Å². The molecule has 12 heavy (non-hydrogen) atoms. The third-order valence-corrected chi connectivity index (χ3v) is 4.01. The van der Waals surface area contributed by atoms with Gasteiger partial charge in [0.1, 0.15) is 0 Å². The van der Waals surface area contributed by atoms with Gasteiger partial charge in [0.25, 0.3) is 0 Å². The van der Waals surface area contributed by atoms with Gasteiger partial charge < -0.3 is 0 Å². The summed E-state index contributed by atoms with van der Waals surface area (Å²) < 4.78 is 0. The molecule has 0 amide bonds. The molecule has 0 N–H and O–H groups in total. The lowest BCUT2D eigenvalue weighted by Gasteiger charge is -2.05. The minimum absolute atomic E-state index is 0.806. The maximum Gasteiger partial charge on any atom is -0.000968 e. The highest BCUT2D eigenvalue weighted by Gasteiger charge is 1.96. The van der Waals surface area contributed by atoms with E-state index in [2.05, 4.69) is 51.2 Å². The Kier molecular flexibility index (Phi) is 8.79. The molecule has 0 atom stereocenters. The average Bonchev–Trinajstić information content (AvgIpc) is 1.95. The maximum atomic E-state index is 2.29. The first-order valence-corrected chi connectivity index (χ1v) is 7.02. The molecule has 2 heteroatoms. The minimum Gasteiger partial charge on any atom is -0.162 e. The molecule has 0 bridgehead atoms. The van der Waals surface area contributed by atoms with Crippen LogP contribution in [0, 0.1) is 5.92 Å².